The van der Waals surface area contributed by atoms with Crippen LogP contribution in [-0.2, 0) is 0 Å². The van der Waals surface area contributed by atoms with Gasteiger partial charge in [-0.15, -0.1) is 0 Å². The van der Waals surface area contributed by atoms with E-state index in [-0.39, 0.29) is 5.91 Å². The Morgan fingerprint density at radius 1 is 1.22 bits per heavy atom. The zero-order chi connectivity index (χ0) is 12.4. The van der Waals surface area contributed by atoms with E-state index in [1.54, 1.807) is 0 Å². The topological polar surface area (TPSA) is 32.3 Å². The largest absolute Gasteiger partial charge is 0.338 e. The molecule has 2 aliphatic heterocycles. The van der Waals surface area contributed by atoms with Crippen LogP contribution < -0.4 is 5.32 Å². The summed E-state index contributed by atoms with van der Waals surface area (Å²) in [5.41, 5.74) is 1.17. The van der Waals surface area contributed by atoms with Gasteiger partial charge in [-0.3, -0.25) is 4.79 Å². The third-order valence-corrected chi connectivity index (χ3v) is 4.30. The van der Waals surface area contributed by atoms with E-state index >= 15 is 0 Å². The quantitative estimate of drug-likeness (QED) is 0.818. The van der Waals surface area contributed by atoms with Crippen molar-refractivity contribution < 1.29 is 4.79 Å². The van der Waals surface area contributed by atoms with E-state index in [1.807, 2.05) is 35.2 Å². The van der Waals surface area contributed by atoms with Gasteiger partial charge in [0.05, 0.1) is 0 Å². The minimum Gasteiger partial charge on any atom is -0.338 e. The van der Waals surface area contributed by atoms with E-state index in [4.69, 9.17) is 0 Å². The second kappa shape index (κ2) is 4.73. The average molecular weight is 244 g/mol. The molecule has 3 rings (SSSR count). The molecule has 0 aromatic heterocycles. The lowest BCUT2D eigenvalue weighted by molar-refractivity contribution is 0.0553. The number of nitrogens with zero attached hydrogens (tertiary/aromatic N) is 1. The van der Waals surface area contributed by atoms with Crippen LogP contribution >= 0.6 is 0 Å². The molecule has 0 aliphatic carbocycles. The summed E-state index contributed by atoms with van der Waals surface area (Å²) in [7, 11) is 0. The summed E-state index contributed by atoms with van der Waals surface area (Å²) >= 11 is 0. The van der Waals surface area contributed by atoms with Crippen molar-refractivity contribution >= 4 is 5.91 Å². The van der Waals surface area contributed by atoms with Gasteiger partial charge in [-0.25, -0.2) is 0 Å². The minimum atomic E-state index is 0.196. The smallest absolute Gasteiger partial charge is 0.253 e. The lowest BCUT2D eigenvalue weighted by Crippen LogP contribution is -2.47. The highest BCUT2D eigenvalue weighted by molar-refractivity contribution is 5.94. The van der Waals surface area contributed by atoms with Crippen LogP contribution in [0, 0.1) is 5.41 Å². The molecule has 1 spiro atoms. The molecule has 1 aromatic carbocycles. The summed E-state index contributed by atoms with van der Waals surface area (Å²) in [6, 6.07) is 9.65. The average Bonchev–Trinajstić information content (AvgIpc) is 2.87. The van der Waals surface area contributed by atoms with Crippen molar-refractivity contribution in [3.63, 3.8) is 0 Å². The van der Waals surface area contributed by atoms with Gasteiger partial charge in [-0.1, -0.05) is 18.2 Å². The molecule has 3 heteroatoms. The molecule has 0 radical (unpaired) electrons. The zero-order valence-corrected chi connectivity index (χ0v) is 10.7. The van der Waals surface area contributed by atoms with Crippen LogP contribution in [0.2, 0.25) is 0 Å². The predicted molar refractivity (Wildman–Crippen MR) is 71.5 cm³/mol. The molecule has 2 aliphatic rings. The van der Waals surface area contributed by atoms with Gasteiger partial charge in [-0.05, 0) is 37.9 Å². The van der Waals surface area contributed by atoms with Crippen molar-refractivity contribution in [2.45, 2.75) is 19.3 Å². The van der Waals surface area contributed by atoms with Gasteiger partial charge in [0.1, 0.15) is 0 Å². The summed E-state index contributed by atoms with van der Waals surface area (Å²) in [6.45, 7) is 4.02. The van der Waals surface area contributed by atoms with E-state index in [0.717, 1.165) is 38.2 Å². The third-order valence-electron chi connectivity index (χ3n) is 4.30. The molecule has 0 bridgehead atoms. The van der Waals surface area contributed by atoms with Gasteiger partial charge >= 0.3 is 0 Å². The summed E-state index contributed by atoms with van der Waals surface area (Å²) in [6.07, 6.45) is 3.62. The van der Waals surface area contributed by atoms with Crippen LogP contribution in [0.4, 0.5) is 0 Å². The Bertz CT molecular complexity index is 423. The van der Waals surface area contributed by atoms with Crippen molar-refractivity contribution in [1.29, 1.82) is 0 Å². The zero-order valence-electron chi connectivity index (χ0n) is 10.7. The second-order valence-electron chi connectivity index (χ2n) is 5.62. The van der Waals surface area contributed by atoms with Crippen LogP contribution in [0.5, 0.6) is 0 Å². The molecule has 2 fully saturated rings. The Balaban J connectivity index is 1.74. The second-order valence-corrected chi connectivity index (χ2v) is 5.62. The van der Waals surface area contributed by atoms with Crippen molar-refractivity contribution in [2.75, 3.05) is 26.2 Å². The monoisotopic (exact) mass is 244 g/mol. The van der Waals surface area contributed by atoms with Crippen LogP contribution in [0.3, 0.4) is 0 Å². The first-order chi connectivity index (χ1) is 8.79. The highest BCUT2D eigenvalue weighted by Crippen LogP contribution is 2.35. The van der Waals surface area contributed by atoms with Crippen molar-refractivity contribution in [2.24, 2.45) is 5.41 Å². The molecule has 1 N–H and O–H groups in total. The Morgan fingerprint density at radius 2 is 2.06 bits per heavy atom. The number of hydrogen-bond acceptors (Lipinski definition) is 2. The lowest BCUT2D eigenvalue weighted by Gasteiger charge is -2.40. The fraction of sp³-hybridized carbons (Fsp3) is 0.533. The molecule has 2 saturated heterocycles. The number of benzene rings is 1. The molecule has 1 aromatic rings. The number of carbonyl (C=O) groups is 1. The van der Waals surface area contributed by atoms with E-state index in [1.165, 1.54) is 12.8 Å². The fourth-order valence-electron chi connectivity index (χ4n) is 3.29. The summed E-state index contributed by atoms with van der Waals surface area (Å²) < 4.78 is 0. The first-order valence-electron chi connectivity index (χ1n) is 6.84. The van der Waals surface area contributed by atoms with E-state index < -0.39 is 0 Å². The molecule has 0 saturated carbocycles. The maximum atomic E-state index is 12.4. The number of amides is 1. The Labute approximate surface area is 108 Å². The van der Waals surface area contributed by atoms with Crippen LogP contribution in [0.1, 0.15) is 29.6 Å². The number of piperidine rings is 1. The Kier molecular flexibility index (Phi) is 3.08. The molecule has 1 atom stereocenters. The van der Waals surface area contributed by atoms with Gasteiger partial charge in [0.15, 0.2) is 0 Å². The van der Waals surface area contributed by atoms with Crippen molar-refractivity contribution in [3.8, 4) is 0 Å². The Hall–Kier alpha value is -1.35. The van der Waals surface area contributed by atoms with Crippen LogP contribution in [0.25, 0.3) is 0 Å². The summed E-state index contributed by atoms with van der Waals surface area (Å²) in [5, 5.41) is 3.44. The number of rotatable bonds is 1. The molecular formula is C15H20N2O. The van der Waals surface area contributed by atoms with E-state index in [0.29, 0.717) is 5.41 Å². The molecule has 18 heavy (non-hydrogen) atoms. The van der Waals surface area contributed by atoms with Crippen molar-refractivity contribution in [1.82, 2.24) is 10.2 Å². The summed E-state index contributed by atoms with van der Waals surface area (Å²) in [4.78, 5) is 14.5. The number of hydrogen-bond donors (Lipinski definition) is 1. The maximum Gasteiger partial charge on any atom is 0.253 e. The first-order valence-corrected chi connectivity index (χ1v) is 6.84. The highest BCUT2D eigenvalue weighted by Gasteiger charge is 2.39. The molecule has 96 valence electrons. The standard InChI is InChI=1S/C15H20N2O/c18-14(13-5-2-1-3-6-13)17-10-4-7-15(12-17)8-9-16-11-15/h1-3,5-6,16H,4,7-12H2. The normalized spacial score (nSPS) is 27.7. The van der Waals surface area contributed by atoms with Gasteiger partial charge < -0.3 is 10.2 Å². The highest BCUT2D eigenvalue weighted by atomic mass is 16.2. The number of likely N-dealkylation sites (tertiary alicyclic amines) is 1. The SMILES string of the molecule is O=C(c1ccccc1)N1CCCC2(CCNC2)C1. The predicted octanol–water partition coefficient (Wildman–Crippen LogP) is 1.90. The number of nitrogens with one attached hydrogen (secondary N) is 1. The Morgan fingerprint density at radius 3 is 2.78 bits per heavy atom. The molecule has 3 nitrogen and oxygen atoms in total. The van der Waals surface area contributed by atoms with E-state index in [9.17, 15) is 4.79 Å². The molecule has 1 unspecified atom stereocenters. The van der Waals surface area contributed by atoms with Crippen molar-refractivity contribution in [3.05, 3.63) is 35.9 Å². The maximum absolute atomic E-state index is 12.4. The van der Waals surface area contributed by atoms with Crippen LogP contribution in [0.15, 0.2) is 30.3 Å². The minimum absolute atomic E-state index is 0.196. The van der Waals surface area contributed by atoms with Gasteiger partial charge in [0.2, 0.25) is 0 Å². The van der Waals surface area contributed by atoms with Gasteiger partial charge in [-0.2, -0.15) is 0 Å². The summed E-state index contributed by atoms with van der Waals surface area (Å²) in [5.74, 6) is 0.196. The molecule has 2 heterocycles. The van der Waals surface area contributed by atoms with Gasteiger partial charge in [0, 0.05) is 30.6 Å². The number of carbonyl (C=O) groups excluding carboxylic acids is 1. The van der Waals surface area contributed by atoms with Gasteiger partial charge in [0.25, 0.3) is 5.91 Å². The molecule has 1 amide bonds. The van der Waals surface area contributed by atoms with E-state index in [2.05, 4.69) is 5.32 Å². The van der Waals surface area contributed by atoms with Crippen LogP contribution in [-0.4, -0.2) is 37.0 Å². The lowest BCUT2D eigenvalue weighted by atomic mass is 9.79. The molecular weight excluding hydrogens is 224 g/mol. The fourth-order valence-corrected chi connectivity index (χ4v) is 3.29. The first kappa shape index (κ1) is 11.7. The third kappa shape index (κ3) is 2.15.